The molecule has 1 N–H and O–H groups in total. The molecule has 0 spiro atoms. The molecule has 5 nitrogen and oxygen atoms in total. The molecule has 242 valence electrons. The van der Waals surface area contributed by atoms with Crippen molar-refractivity contribution in [3.63, 3.8) is 0 Å². The maximum absolute atomic E-state index is 11.8. The van der Waals surface area contributed by atoms with Crippen molar-refractivity contribution in [2.75, 3.05) is 0 Å². The lowest BCUT2D eigenvalue weighted by Gasteiger charge is -2.10. The smallest absolute Gasteiger partial charge is 0.378 e. The van der Waals surface area contributed by atoms with Crippen molar-refractivity contribution in [1.29, 1.82) is 0 Å². The molecule has 0 radical (unpaired) electrons. The zero-order valence-corrected chi connectivity index (χ0v) is 27.3. The molecule has 0 aromatic heterocycles. The van der Waals surface area contributed by atoms with Gasteiger partial charge < -0.3 is 5.11 Å². The zero-order valence-electron chi connectivity index (χ0n) is 27.3. The molecule has 0 saturated carbocycles. The average Bonchev–Trinajstić information content (AvgIpc) is 2.97. The molecule has 0 amide bonds. The van der Waals surface area contributed by atoms with Crippen molar-refractivity contribution in [2.45, 2.75) is 206 Å². The Morgan fingerprint density at radius 2 is 0.927 bits per heavy atom. The molecule has 0 fully saturated rings. The Labute approximate surface area is 254 Å². The van der Waals surface area contributed by atoms with Crippen LogP contribution in [0.4, 0.5) is 0 Å². The summed E-state index contributed by atoms with van der Waals surface area (Å²) in [5.74, 6) is -1.09. The molecule has 0 saturated heterocycles. The zero-order chi connectivity index (χ0) is 30.1. The van der Waals surface area contributed by atoms with E-state index in [1.54, 1.807) is 0 Å². The summed E-state index contributed by atoms with van der Waals surface area (Å²) in [4.78, 5) is 32.7. The molecule has 41 heavy (non-hydrogen) atoms. The second kappa shape index (κ2) is 33.1. The monoisotopic (exact) mass is 581 g/mol. The van der Waals surface area contributed by atoms with E-state index in [4.69, 9.17) is 0 Å². The van der Waals surface area contributed by atoms with Gasteiger partial charge >= 0.3 is 11.9 Å². The Hall–Kier alpha value is -1.36. The van der Waals surface area contributed by atoms with Crippen LogP contribution in [0, 0.1) is 0 Å². The highest BCUT2D eigenvalue weighted by molar-refractivity contribution is 5.82. The molecule has 0 aliphatic carbocycles. The number of carbonyl (C=O) groups excluding carboxylic acids is 2. The largest absolute Gasteiger partial charge is 0.393 e. The molecule has 0 aromatic rings. The summed E-state index contributed by atoms with van der Waals surface area (Å²) in [6.45, 7) is 4.48. The number of unbranched alkanes of at least 4 members (excludes halogenated alkanes) is 23. The van der Waals surface area contributed by atoms with Crippen LogP contribution in [0.5, 0.6) is 0 Å². The van der Waals surface area contributed by atoms with Gasteiger partial charge in [0.1, 0.15) is 0 Å². The van der Waals surface area contributed by atoms with E-state index >= 15 is 0 Å². The molecule has 1 atom stereocenters. The van der Waals surface area contributed by atoms with Crippen LogP contribution < -0.4 is 0 Å². The maximum Gasteiger partial charge on any atom is 0.378 e. The van der Waals surface area contributed by atoms with Crippen LogP contribution in [0.15, 0.2) is 12.2 Å². The summed E-state index contributed by atoms with van der Waals surface area (Å²) in [6.07, 6.45) is 37.0. The maximum atomic E-state index is 11.8. The quantitative estimate of drug-likeness (QED) is 0.0382. The lowest BCUT2D eigenvalue weighted by atomic mass is 10.0. The highest BCUT2D eigenvalue weighted by Gasteiger charge is 2.07. The molecular weight excluding hydrogens is 512 g/mol. The summed E-state index contributed by atoms with van der Waals surface area (Å²) in [5, 5.41) is 10.0. The minimum absolute atomic E-state index is 0.115. The predicted molar refractivity (Wildman–Crippen MR) is 173 cm³/mol. The summed E-state index contributed by atoms with van der Waals surface area (Å²) in [7, 11) is 0. The highest BCUT2D eigenvalue weighted by atomic mass is 17.2. The topological polar surface area (TPSA) is 72.8 Å². The van der Waals surface area contributed by atoms with Gasteiger partial charge in [0, 0.05) is 6.08 Å². The number of carbonyl (C=O) groups is 2. The summed E-state index contributed by atoms with van der Waals surface area (Å²) in [6, 6.07) is 0. The Kier molecular flexibility index (Phi) is 32.0. The van der Waals surface area contributed by atoms with Crippen molar-refractivity contribution < 1.29 is 24.5 Å². The van der Waals surface area contributed by atoms with Gasteiger partial charge in [0.2, 0.25) is 0 Å². The minimum atomic E-state index is -0.614. The summed E-state index contributed by atoms with van der Waals surface area (Å²) in [5.41, 5.74) is 0. The summed E-state index contributed by atoms with van der Waals surface area (Å²) >= 11 is 0. The van der Waals surface area contributed by atoms with Crippen LogP contribution in [-0.2, 0) is 19.4 Å². The van der Waals surface area contributed by atoms with Gasteiger partial charge in [0.05, 0.1) is 12.5 Å². The Morgan fingerprint density at radius 1 is 0.537 bits per heavy atom. The van der Waals surface area contributed by atoms with Gasteiger partial charge in [-0.1, -0.05) is 168 Å². The number of hydrogen-bond acceptors (Lipinski definition) is 5. The molecule has 0 heterocycles. The van der Waals surface area contributed by atoms with Gasteiger partial charge in [-0.3, -0.25) is 0 Å². The Morgan fingerprint density at radius 3 is 1.41 bits per heavy atom. The van der Waals surface area contributed by atoms with E-state index in [9.17, 15) is 14.7 Å². The van der Waals surface area contributed by atoms with E-state index in [1.165, 1.54) is 128 Å². The van der Waals surface area contributed by atoms with Crippen molar-refractivity contribution in [3.8, 4) is 0 Å². The second-order valence-electron chi connectivity index (χ2n) is 12.2. The van der Waals surface area contributed by atoms with E-state index in [-0.39, 0.29) is 12.5 Å². The van der Waals surface area contributed by atoms with Gasteiger partial charge in [-0.25, -0.2) is 19.4 Å². The van der Waals surface area contributed by atoms with Crippen LogP contribution in [0.1, 0.15) is 200 Å². The van der Waals surface area contributed by atoms with Gasteiger partial charge in [-0.05, 0) is 32.1 Å². The molecular formula is C36H68O5. The molecule has 0 rings (SSSR count). The van der Waals surface area contributed by atoms with Crippen LogP contribution in [0.2, 0.25) is 0 Å². The second-order valence-corrected chi connectivity index (χ2v) is 12.2. The molecule has 0 aliphatic heterocycles. The predicted octanol–water partition coefficient (Wildman–Crippen LogP) is 11.3. The van der Waals surface area contributed by atoms with Crippen LogP contribution >= 0.6 is 0 Å². The molecule has 0 aromatic carbocycles. The lowest BCUT2D eigenvalue weighted by Crippen LogP contribution is -2.09. The third-order valence-electron chi connectivity index (χ3n) is 8.00. The Balaban J connectivity index is 3.39. The minimum Gasteiger partial charge on any atom is -0.393 e. The first-order valence-corrected chi connectivity index (χ1v) is 17.9. The average molecular weight is 581 g/mol. The lowest BCUT2D eigenvalue weighted by molar-refractivity contribution is -0.255. The van der Waals surface area contributed by atoms with E-state index < -0.39 is 11.9 Å². The van der Waals surface area contributed by atoms with E-state index in [0.717, 1.165) is 57.8 Å². The molecule has 0 bridgehead atoms. The van der Waals surface area contributed by atoms with Crippen LogP contribution in [0.3, 0.4) is 0 Å². The Bertz CT molecular complexity index is 589. The fourth-order valence-electron chi connectivity index (χ4n) is 5.28. The van der Waals surface area contributed by atoms with Crippen molar-refractivity contribution in [2.24, 2.45) is 0 Å². The van der Waals surface area contributed by atoms with Gasteiger partial charge in [-0.15, -0.1) is 0 Å². The number of hydrogen-bond donors (Lipinski definition) is 1. The molecule has 1 unspecified atom stereocenters. The van der Waals surface area contributed by atoms with E-state index in [2.05, 4.69) is 23.6 Å². The summed E-state index contributed by atoms with van der Waals surface area (Å²) < 4.78 is 0. The first kappa shape index (κ1) is 39.6. The number of aliphatic hydroxyl groups is 1. The van der Waals surface area contributed by atoms with Crippen molar-refractivity contribution >= 4 is 11.9 Å². The normalized spacial score (nSPS) is 12.2. The first-order chi connectivity index (χ1) is 20.1. The first-order valence-electron chi connectivity index (χ1n) is 17.9. The fourth-order valence-corrected chi connectivity index (χ4v) is 5.28. The van der Waals surface area contributed by atoms with Crippen LogP contribution in [0.25, 0.3) is 0 Å². The number of aliphatic hydroxyl groups excluding tert-OH is 1. The highest BCUT2D eigenvalue weighted by Crippen LogP contribution is 2.15. The third-order valence-corrected chi connectivity index (χ3v) is 8.00. The third kappa shape index (κ3) is 33.0. The van der Waals surface area contributed by atoms with E-state index in [1.807, 2.05) is 6.08 Å². The van der Waals surface area contributed by atoms with Crippen molar-refractivity contribution in [3.05, 3.63) is 12.2 Å². The fraction of sp³-hybridized carbons (Fsp3) is 0.889. The standard InChI is InChI=1S/C36H68O5/c1-3-5-7-9-10-11-12-13-14-15-16-17-21-24-28-32-35(38)40-41-36(39)33-29-25-22-19-18-20-23-27-31-34(37)30-26-8-6-4-2/h28,32,34,37H,3-27,29-31,33H2,1-2H3/b32-28+. The molecule has 5 heteroatoms. The van der Waals surface area contributed by atoms with Gasteiger partial charge in [0.25, 0.3) is 0 Å². The molecule has 0 aliphatic rings. The van der Waals surface area contributed by atoms with Crippen LogP contribution in [-0.4, -0.2) is 23.1 Å². The van der Waals surface area contributed by atoms with Gasteiger partial charge in [0.15, 0.2) is 0 Å². The number of rotatable bonds is 31. The van der Waals surface area contributed by atoms with Crippen molar-refractivity contribution in [1.82, 2.24) is 0 Å². The van der Waals surface area contributed by atoms with E-state index in [0.29, 0.717) is 0 Å². The number of allylic oxidation sites excluding steroid dienone is 1. The SMILES string of the molecule is CCCCCCCCCCCCCCC/C=C/C(=O)OOC(=O)CCCCCCCCCCC(O)CCCCCC. The van der Waals surface area contributed by atoms with Gasteiger partial charge in [-0.2, -0.15) is 0 Å².